The molecule has 11 nitrogen and oxygen atoms in total. The Morgan fingerprint density at radius 3 is 2.46 bits per heavy atom. The molecule has 4 aromatic rings. The van der Waals surface area contributed by atoms with Gasteiger partial charge >= 0.3 is 6.03 Å². The molecule has 4 aromatic carbocycles. The van der Waals surface area contributed by atoms with Crippen LogP contribution in [0.1, 0.15) is 16.7 Å². The Morgan fingerprint density at radius 2 is 1.73 bits per heavy atom. The predicted octanol–water partition coefficient (Wildman–Crippen LogP) is 3.60. The molecule has 244 valence electrons. The molecule has 0 aliphatic carbocycles. The number of anilines is 1. The van der Waals surface area contributed by atoms with E-state index in [0.717, 1.165) is 27.5 Å². The van der Waals surface area contributed by atoms with E-state index in [2.05, 4.69) is 16.6 Å². The second-order valence-corrected chi connectivity index (χ2v) is 11.7. The van der Waals surface area contributed by atoms with E-state index in [1.165, 1.54) is 5.01 Å². The van der Waals surface area contributed by atoms with Crippen molar-refractivity contribution in [2.75, 3.05) is 32.1 Å². The average molecular weight is 645 g/mol. The Labute approximate surface area is 279 Å². The van der Waals surface area contributed by atoms with Crippen LogP contribution in [0.3, 0.4) is 0 Å². The number of hydrogen-bond acceptors (Lipinski definition) is 6. The van der Waals surface area contributed by atoms with E-state index in [0.29, 0.717) is 24.4 Å². The maximum atomic E-state index is 14.3. The number of carbonyl (C=O) groups is 4. The van der Waals surface area contributed by atoms with Gasteiger partial charge in [0.25, 0.3) is 0 Å². The van der Waals surface area contributed by atoms with Gasteiger partial charge in [0.1, 0.15) is 18.0 Å². The van der Waals surface area contributed by atoms with Crippen molar-refractivity contribution < 1.29 is 23.9 Å². The lowest BCUT2D eigenvalue weighted by Gasteiger charge is -2.46. The first-order valence-corrected chi connectivity index (χ1v) is 15.6. The number of terminal acetylenes is 1. The van der Waals surface area contributed by atoms with Gasteiger partial charge in [-0.05, 0) is 51.7 Å². The molecule has 0 spiro atoms. The first-order valence-electron chi connectivity index (χ1n) is 15.6. The number of methoxy groups -OCH3 is 1. The molecule has 0 bridgehead atoms. The third kappa shape index (κ3) is 6.65. The van der Waals surface area contributed by atoms with Crippen LogP contribution in [0.15, 0.2) is 91.0 Å². The van der Waals surface area contributed by atoms with Gasteiger partial charge in [-0.3, -0.25) is 14.4 Å². The number of benzene rings is 4. The highest BCUT2D eigenvalue weighted by molar-refractivity contribution is 5.92. The second-order valence-electron chi connectivity index (χ2n) is 11.7. The first kappa shape index (κ1) is 32.1. The number of rotatable bonds is 11. The van der Waals surface area contributed by atoms with E-state index in [9.17, 15) is 19.2 Å². The van der Waals surface area contributed by atoms with Crippen molar-refractivity contribution in [3.05, 3.63) is 108 Å². The number of urea groups is 1. The zero-order valence-corrected chi connectivity index (χ0v) is 26.5. The molecule has 2 aliphatic rings. The van der Waals surface area contributed by atoms with Crippen molar-refractivity contribution in [3.63, 3.8) is 0 Å². The van der Waals surface area contributed by atoms with Gasteiger partial charge in [-0.2, -0.15) is 5.01 Å². The molecule has 2 saturated heterocycles. The number of hydrogen-bond donors (Lipinski definition) is 2. The van der Waals surface area contributed by atoms with Crippen LogP contribution in [0, 0.1) is 12.3 Å². The van der Waals surface area contributed by atoms with Gasteiger partial charge in [-0.15, -0.1) is 6.42 Å². The summed E-state index contributed by atoms with van der Waals surface area (Å²) in [6.07, 6.45) is 5.96. The van der Waals surface area contributed by atoms with Crippen molar-refractivity contribution in [1.82, 2.24) is 25.1 Å². The molecule has 6 rings (SSSR count). The van der Waals surface area contributed by atoms with Crippen LogP contribution in [0.25, 0.3) is 10.8 Å². The second kappa shape index (κ2) is 14.3. The highest BCUT2D eigenvalue weighted by Gasteiger charge is 2.52. The molecule has 0 unspecified atom stereocenters. The first-order chi connectivity index (χ1) is 23.4. The van der Waals surface area contributed by atoms with Gasteiger partial charge in [-0.25, -0.2) is 9.80 Å². The Morgan fingerprint density at radius 1 is 1.00 bits per heavy atom. The Kier molecular flexibility index (Phi) is 9.55. The van der Waals surface area contributed by atoms with E-state index in [1.807, 2.05) is 78.9 Å². The van der Waals surface area contributed by atoms with E-state index >= 15 is 0 Å². The molecule has 0 aromatic heterocycles. The van der Waals surface area contributed by atoms with Gasteiger partial charge in [0.15, 0.2) is 0 Å². The zero-order chi connectivity index (χ0) is 33.6. The van der Waals surface area contributed by atoms with Crippen molar-refractivity contribution in [3.8, 4) is 18.1 Å². The van der Waals surface area contributed by atoms with E-state index in [1.54, 1.807) is 34.1 Å². The SMILES string of the molecule is C#CCN(C(=O)NCc1ccc(OC)cc1)N1CC(=O)N2[C@@H](Cc3ccc(NC=O)cc3)C(=O)N(Cc3cccc4ccccc34)C[C@@H]21. The summed E-state index contributed by atoms with van der Waals surface area (Å²) >= 11 is 0. The van der Waals surface area contributed by atoms with E-state index in [4.69, 9.17) is 11.2 Å². The number of nitrogens with zero attached hydrogens (tertiary/aromatic N) is 4. The third-order valence-electron chi connectivity index (χ3n) is 8.80. The molecule has 2 N–H and O–H groups in total. The van der Waals surface area contributed by atoms with Gasteiger partial charge < -0.3 is 25.2 Å². The van der Waals surface area contributed by atoms with Gasteiger partial charge in [0.05, 0.1) is 26.7 Å². The normalized spacial score (nSPS) is 17.5. The van der Waals surface area contributed by atoms with Crippen molar-refractivity contribution in [2.24, 2.45) is 0 Å². The van der Waals surface area contributed by atoms with Crippen LogP contribution >= 0.6 is 0 Å². The number of fused-ring (bicyclic) bond motifs is 2. The Balaban J connectivity index is 1.30. The van der Waals surface area contributed by atoms with Gasteiger partial charge in [0, 0.05) is 25.2 Å². The molecule has 2 heterocycles. The summed E-state index contributed by atoms with van der Waals surface area (Å²) in [5, 5.41) is 10.7. The van der Waals surface area contributed by atoms with Crippen LogP contribution in [-0.4, -0.2) is 83.0 Å². The highest BCUT2D eigenvalue weighted by atomic mass is 16.5. The number of nitrogens with one attached hydrogen (secondary N) is 2. The molecular formula is C37H36N6O5. The minimum absolute atomic E-state index is 0.0702. The lowest BCUT2D eigenvalue weighted by Crippen LogP contribution is -2.66. The predicted molar refractivity (Wildman–Crippen MR) is 181 cm³/mol. The standard InChI is InChI=1S/C37H36N6O5/c1-3-19-41(37(47)38-21-27-13-17-31(48-2)18-14-27)42-24-35(45)43-33(20-26-11-15-30(16-12-26)39-25-44)36(46)40(23-34(42)43)22-29-9-6-8-28-7-4-5-10-32(28)29/h1,4-18,25,33-34H,19-24H2,2H3,(H,38,47)(H,39,44)/t33-,34+/m0/s1. The third-order valence-corrected chi connectivity index (χ3v) is 8.80. The van der Waals surface area contributed by atoms with Crippen LogP contribution < -0.4 is 15.4 Å². The van der Waals surface area contributed by atoms with Crippen LogP contribution in [0.2, 0.25) is 0 Å². The maximum absolute atomic E-state index is 14.3. The summed E-state index contributed by atoms with van der Waals surface area (Å²) < 4.78 is 5.22. The summed E-state index contributed by atoms with van der Waals surface area (Å²) in [6.45, 7) is 0.558. The molecule has 48 heavy (non-hydrogen) atoms. The molecule has 5 amide bonds. The fourth-order valence-corrected chi connectivity index (χ4v) is 6.43. The monoisotopic (exact) mass is 644 g/mol. The molecule has 0 saturated carbocycles. The molecule has 2 fully saturated rings. The Bertz CT molecular complexity index is 1850. The van der Waals surface area contributed by atoms with E-state index in [-0.39, 0.29) is 44.4 Å². The van der Waals surface area contributed by atoms with Crippen molar-refractivity contribution in [1.29, 1.82) is 0 Å². The lowest BCUT2D eigenvalue weighted by molar-refractivity contribution is -0.157. The number of piperazine rings is 1. The summed E-state index contributed by atoms with van der Waals surface area (Å²) in [6, 6.07) is 27.2. The fourth-order valence-electron chi connectivity index (χ4n) is 6.43. The minimum Gasteiger partial charge on any atom is -0.497 e. The molecule has 0 radical (unpaired) electrons. The largest absolute Gasteiger partial charge is 0.497 e. The van der Waals surface area contributed by atoms with Crippen molar-refractivity contribution in [2.45, 2.75) is 31.7 Å². The topological polar surface area (TPSA) is 115 Å². The summed E-state index contributed by atoms with van der Waals surface area (Å²) in [5.74, 6) is 2.81. The smallest absolute Gasteiger partial charge is 0.333 e. The quantitative estimate of drug-likeness (QED) is 0.191. The van der Waals surface area contributed by atoms with E-state index < -0.39 is 18.2 Å². The average Bonchev–Trinajstić information content (AvgIpc) is 3.43. The van der Waals surface area contributed by atoms with Crippen LogP contribution in [-0.2, 0) is 33.9 Å². The number of carbonyl (C=O) groups excluding carboxylic acids is 4. The Hall–Kier alpha value is -5.86. The highest BCUT2D eigenvalue weighted by Crippen LogP contribution is 2.31. The zero-order valence-electron chi connectivity index (χ0n) is 26.5. The lowest BCUT2D eigenvalue weighted by atomic mass is 9.98. The summed E-state index contributed by atoms with van der Waals surface area (Å²) in [7, 11) is 1.59. The number of hydrazine groups is 1. The van der Waals surface area contributed by atoms with Crippen molar-refractivity contribution >= 4 is 40.7 Å². The van der Waals surface area contributed by atoms with Gasteiger partial charge in [0.2, 0.25) is 18.2 Å². The number of ether oxygens (including phenoxy) is 1. The van der Waals surface area contributed by atoms with Crippen LogP contribution in [0.4, 0.5) is 10.5 Å². The molecule has 2 atom stereocenters. The molecule has 2 aliphatic heterocycles. The fraction of sp³-hybridized carbons (Fsp3) is 0.243. The molecule has 11 heteroatoms. The summed E-state index contributed by atoms with van der Waals surface area (Å²) in [4.78, 5) is 56.0. The molecular weight excluding hydrogens is 608 g/mol. The summed E-state index contributed by atoms with van der Waals surface area (Å²) in [5.41, 5.74) is 3.28. The maximum Gasteiger partial charge on any atom is 0.333 e. The van der Waals surface area contributed by atoms with Gasteiger partial charge in [-0.1, -0.05) is 72.7 Å². The number of amides is 5. The van der Waals surface area contributed by atoms with Crippen LogP contribution in [0.5, 0.6) is 5.75 Å². The minimum atomic E-state index is -0.823.